The molecule has 3 aliphatic rings. The number of hydrazine groups is 1. The van der Waals surface area contributed by atoms with Gasteiger partial charge in [-0.1, -0.05) is 12.1 Å². The number of nitrogens with two attached hydrogens (primary N) is 1. The first-order chi connectivity index (χ1) is 9.70. The first-order valence-electron chi connectivity index (χ1n) is 7.25. The zero-order chi connectivity index (χ0) is 13.9. The Morgan fingerprint density at radius 2 is 2.10 bits per heavy atom. The van der Waals surface area contributed by atoms with Crippen LogP contribution in [0.25, 0.3) is 0 Å². The average molecular weight is 273 g/mol. The standard InChI is InChI=1S/C15H19N3O2/c16-17-12-4-2-1-3-10(12)15(20)18-7-9-5-8-6-11(9)13(18)14(8)19/h1-4,8-9,11,13-14,17,19H,5-7,16H2. The summed E-state index contributed by atoms with van der Waals surface area (Å²) in [5.74, 6) is 6.95. The Morgan fingerprint density at radius 3 is 2.85 bits per heavy atom. The molecule has 1 heterocycles. The molecule has 1 aliphatic heterocycles. The molecule has 0 spiro atoms. The monoisotopic (exact) mass is 273 g/mol. The van der Waals surface area contributed by atoms with Crippen LogP contribution in [0.15, 0.2) is 24.3 Å². The van der Waals surface area contributed by atoms with Gasteiger partial charge in [-0.25, -0.2) is 0 Å². The van der Waals surface area contributed by atoms with Gasteiger partial charge in [-0.05, 0) is 42.7 Å². The first-order valence-corrected chi connectivity index (χ1v) is 7.25. The number of likely N-dealkylation sites (tertiary alicyclic amines) is 1. The number of para-hydroxylation sites is 1. The molecule has 20 heavy (non-hydrogen) atoms. The van der Waals surface area contributed by atoms with E-state index in [4.69, 9.17) is 5.84 Å². The van der Waals surface area contributed by atoms with E-state index in [9.17, 15) is 9.90 Å². The van der Waals surface area contributed by atoms with Crippen LogP contribution in [0.4, 0.5) is 5.69 Å². The Bertz CT molecular complexity index is 560. The molecule has 1 amide bonds. The summed E-state index contributed by atoms with van der Waals surface area (Å²) in [6.07, 6.45) is 1.81. The molecule has 2 saturated carbocycles. The van der Waals surface area contributed by atoms with E-state index >= 15 is 0 Å². The van der Waals surface area contributed by atoms with Crippen LogP contribution in [0.5, 0.6) is 0 Å². The van der Waals surface area contributed by atoms with Crippen molar-refractivity contribution in [3.63, 3.8) is 0 Å². The lowest BCUT2D eigenvalue weighted by Crippen LogP contribution is -2.44. The number of anilines is 1. The second-order valence-corrected chi connectivity index (χ2v) is 6.28. The fourth-order valence-electron chi connectivity index (χ4n) is 4.60. The lowest BCUT2D eigenvalue weighted by Gasteiger charge is -2.29. The molecular weight excluding hydrogens is 254 g/mol. The van der Waals surface area contributed by atoms with Gasteiger partial charge in [0.25, 0.3) is 5.91 Å². The quantitative estimate of drug-likeness (QED) is 0.550. The summed E-state index contributed by atoms with van der Waals surface area (Å²) in [5.41, 5.74) is 3.81. The molecule has 5 unspecified atom stereocenters. The molecule has 2 aliphatic carbocycles. The Labute approximate surface area is 117 Å². The smallest absolute Gasteiger partial charge is 0.256 e. The van der Waals surface area contributed by atoms with Crippen molar-refractivity contribution in [2.45, 2.75) is 25.0 Å². The van der Waals surface area contributed by atoms with Crippen molar-refractivity contribution < 1.29 is 9.90 Å². The number of nitrogens with one attached hydrogen (secondary N) is 1. The van der Waals surface area contributed by atoms with E-state index in [0.717, 1.165) is 19.4 Å². The maximum absolute atomic E-state index is 12.8. The molecule has 1 aromatic carbocycles. The van der Waals surface area contributed by atoms with Gasteiger partial charge in [-0.2, -0.15) is 0 Å². The van der Waals surface area contributed by atoms with Crippen molar-refractivity contribution in [3.8, 4) is 0 Å². The largest absolute Gasteiger partial charge is 0.391 e. The molecule has 1 saturated heterocycles. The maximum Gasteiger partial charge on any atom is 0.256 e. The van der Waals surface area contributed by atoms with Gasteiger partial charge in [0.2, 0.25) is 0 Å². The predicted molar refractivity (Wildman–Crippen MR) is 74.8 cm³/mol. The number of nitrogens with zero attached hydrogens (tertiary/aromatic N) is 1. The number of amides is 1. The van der Waals surface area contributed by atoms with Crippen LogP contribution in [-0.4, -0.2) is 34.6 Å². The van der Waals surface area contributed by atoms with Gasteiger partial charge in [0.05, 0.1) is 23.4 Å². The number of nitrogen functional groups attached to an aromatic ring is 1. The molecule has 5 atom stereocenters. The maximum atomic E-state index is 12.8. The fraction of sp³-hybridized carbons (Fsp3) is 0.533. The zero-order valence-electron chi connectivity index (χ0n) is 11.2. The lowest BCUT2D eigenvalue weighted by molar-refractivity contribution is 0.0402. The van der Waals surface area contributed by atoms with Gasteiger partial charge >= 0.3 is 0 Å². The van der Waals surface area contributed by atoms with E-state index in [1.807, 2.05) is 17.0 Å². The number of carbonyl (C=O) groups excluding carboxylic acids is 1. The fourth-order valence-corrected chi connectivity index (χ4v) is 4.60. The van der Waals surface area contributed by atoms with Crippen molar-refractivity contribution in [2.24, 2.45) is 23.6 Å². The summed E-state index contributed by atoms with van der Waals surface area (Å²) >= 11 is 0. The number of aliphatic hydroxyl groups is 1. The number of hydrogen-bond donors (Lipinski definition) is 3. The van der Waals surface area contributed by atoms with E-state index in [2.05, 4.69) is 5.43 Å². The molecule has 3 fully saturated rings. The van der Waals surface area contributed by atoms with Crippen LogP contribution >= 0.6 is 0 Å². The van der Waals surface area contributed by atoms with Gasteiger partial charge in [-0.3, -0.25) is 10.6 Å². The number of rotatable bonds is 2. The summed E-state index contributed by atoms with van der Waals surface area (Å²) in [5, 5.41) is 10.4. The highest BCUT2D eigenvalue weighted by Crippen LogP contribution is 2.55. The van der Waals surface area contributed by atoms with Crippen LogP contribution in [0, 0.1) is 17.8 Å². The molecule has 5 nitrogen and oxygen atoms in total. The van der Waals surface area contributed by atoms with Crippen LogP contribution in [0.1, 0.15) is 23.2 Å². The van der Waals surface area contributed by atoms with Crippen molar-refractivity contribution in [3.05, 3.63) is 29.8 Å². The summed E-state index contributed by atoms with van der Waals surface area (Å²) < 4.78 is 0. The molecule has 2 bridgehead atoms. The first kappa shape index (κ1) is 12.2. The van der Waals surface area contributed by atoms with Crippen molar-refractivity contribution in [1.82, 2.24) is 4.90 Å². The van der Waals surface area contributed by atoms with Gasteiger partial charge in [0.1, 0.15) is 0 Å². The number of carbonyl (C=O) groups is 1. The Hall–Kier alpha value is -1.59. The van der Waals surface area contributed by atoms with Crippen molar-refractivity contribution in [2.75, 3.05) is 12.0 Å². The molecular formula is C15H19N3O2. The Kier molecular flexibility index (Phi) is 2.56. The highest BCUT2D eigenvalue weighted by atomic mass is 16.3. The van der Waals surface area contributed by atoms with Gasteiger partial charge in [-0.15, -0.1) is 0 Å². The highest BCUT2D eigenvalue weighted by Gasteiger charge is 2.60. The topological polar surface area (TPSA) is 78.6 Å². The van der Waals surface area contributed by atoms with Gasteiger partial charge in [0.15, 0.2) is 0 Å². The van der Waals surface area contributed by atoms with Crippen molar-refractivity contribution >= 4 is 11.6 Å². The van der Waals surface area contributed by atoms with Gasteiger partial charge < -0.3 is 15.4 Å². The molecule has 4 rings (SSSR count). The minimum Gasteiger partial charge on any atom is -0.391 e. The van der Waals surface area contributed by atoms with Crippen LogP contribution < -0.4 is 11.3 Å². The second-order valence-electron chi connectivity index (χ2n) is 6.28. The SMILES string of the molecule is NNc1ccccc1C(=O)N1CC2CC3CC2C1C3O. The average Bonchev–Trinajstić information content (AvgIpc) is 3.08. The predicted octanol–water partition coefficient (Wildman–Crippen LogP) is 0.814. The molecule has 106 valence electrons. The highest BCUT2D eigenvalue weighted by molar-refractivity contribution is 6.00. The Balaban J connectivity index is 1.67. The number of aliphatic hydroxyl groups excluding tert-OH is 1. The van der Waals surface area contributed by atoms with E-state index in [-0.39, 0.29) is 18.1 Å². The van der Waals surface area contributed by atoms with Crippen LogP contribution in [-0.2, 0) is 0 Å². The number of hydrogen-bond acceptors (Lipinski definition) is 4. The van der Waals surface area contributed by atoms with Crippen LogP contribution in [0.3, 0.4) is 0 Å². The summed E-state index contributed by atoms with van der Waals surface area (Å²) in [7, 11) is 0. The van der Waals surface area contributed by atoms with Crippen LogP contribution in [0.2, 0.25) is 0 Å². The molecule has 1 aromatic rings. The minimum absolute atomic E-state index is 0.0112. The van der Waals surface area contributed by atoms with E-state index in [0.29, 0.717) is 29.0 Å². The number of benzene rings is 1. The normalized spacial score (nSPS) is 37.5. The summed E-state index contributed by atoms with van der Waals surface area (Å²) in [6.45, 7) is 0.778. The molecule has 5 heteroatoms. The van der Waals surface area contributed by atoms with Crippen molar-refractivity contribution in [1.29, 1.82) is 0 Å². The third-order valence-corrected chi connectivity index (χ3v) is 5.42. The molecule has 4 N–H and O–H groups in total. The Morgan fingerprint density at radius 1 is 1.30 bits per heavy atom. The zero-order valence-corrected chi connectivity index (χ0v) is 11.2. The lowest BCUT2D eigenvalue weighted by atomic mass is 9.88. The third-order valence-electron chi connectivity index (χ3n) is 5.42. The third kappa shape index (κ3) is 1.47. The number of fused-ring (bicyclic) bond motifs is 1. The summed E-state index contributed by atoms with van der Waals surface area (Å²) in [6, 6.07) is 7.28. The van der Waals surface area contributed by atoms with E-state index < -0.39 is 0 Å². The summed E-state index contributed by atoms with van der Waals surface area (Å²) in [4.78, 5) is 14.7. The second kappa shape index (κ2) is 4.20. The van der Waals surface area contributed by atoms with E-state index in [1.165, 1.54) is 0 Å². The molecule has 0 aromatic heterocycles. The minimum atomic E-state index is -0.347. The van der Waals surface area contributed by atoms with E-state index in [1.54, 1.807) is 12.1 Å². The molecule has 0 radical (unpaired) electrons. The van der Waals surface area contributed by atoms with Gasteiger partial charge in [0, 0.05) is 6.54 Å².